The van der Waals surface area contributed by atoms with E-state index in [2.05, 4.69) is 50.2 Å². The molecule has 3 aromatic rings. The molecule has 0 saturated carbocycles. The molecule has 1 aliphatic heterocycles. The summed E-state index contributed by atoms with van der Waals surface area (Å²) >= 11 is 1.73. The van der Waals surface area contributed by atoms with Crippen LogP contribution in [0.15, 0.2) is 47.3 Å². The summed E-state index contributed by atoms with van der Waals surface area (Å²) in [6, 6.07) is 10.8. The van der Waals surface area contributed by atoms with E-state index in [1.807, 2.05) is 19.2 Å². The Morgan fingerprint density at radius 3 is 3.12 bits per heavy atom. The van der Waals surface area contributed by atoms with Gasteiger partial charge in [0.05, 0.1) is 6.04 Å². The molecule has 4 rings (SSSR count). The third-order valence-electron chi connectivity index (χ3n) is 5.47. The summed E-state index contributed by atoms with van der Waals surface area (Å²) in [6.07, 6.45) is 5.20. The summed E-state index contributed by atoms with van der Waals surface area (Å²) in [4.78, 5) is 18.3. The van der Waals surface area contributed by atoms with Gasteiger partial charge in [0.15, 0.2) is 0 Å². The molecule has 26 heavy (non-hydrogen) atoms. The Morgan fingerprint density at radius 2 is 2.27 bits per heavy atom. The van der Waals surface area contributed by atoms with Crippen molar-refractivity contribution in [1.29, 1.82) is 0 Å². The van der Waals surface area contributed by atoms with Gasteiger partial charge < -0.3 is 10.3 Å². The van der Waals surface area contributed by atoms with E-state index in [1.54, 1.807) is 11.3 Å². The van der Waals surface area contributed by atoms with Crippen molar-refractivity contribution in [3.63, 3.8) is 0 Å². The summed E-state index contributed by atoms with van der Waals surface area (Å²) in [5.41, 5.74) is 3.76. The number of nitrogens with zero attached hydrogens (tertiary/aromatic N) is 1. The number of thiophene rings is 1. The molecule has 1 amide bonds. The van der Waals surface area contributed by atoms with E-state index >= 15 is 0 Å². The number of benzene rings is 1. The fourth-order valence-corrected chi connectivity index (χ4v) is 4.74. The third kappa shape index (κ3) is 3.41. The predicted molar refractivity (Wildman–Crippen MR) is 107 cm³/mol. The molecule has 1 saturated heterocycles. The van der Waals surface area contributed by atoms with Gasteiger partial charge in [-0.25, -0.2) is 0 Å². The second-order valence-electron chi connectivity index (χ2n) is 7.03. The lowest BCUT2D eigenvalue weighted by molar-refractivity contribution is -0.126. The highest BCUT2D eigenvalue weighted by atomic mass is 32.1. The number of rotatable bonds is 6. The van der Waals surface area contributed by atoms with Crippen molar-refractivity contribution in [3.05, 3.63) is 58.4 Å². The van der Waals surface area contributed by atoms with Crippen molar-refractivity contribution < 1.29 is 4.79 Å². The summed E-state index contributed by atoms with van der Waals surface area (Å²) in [7, 11) is 0. The zero-order chi connectivity index (χ0) is 17.9. The molecule has 1 aliphatic rings. The average Bonchev–Trinajstić information content (AvgIpc) is 3.40. The highest BCUT2D eigenvalue weighted by Crippen LogP contribution is 2.34. The fraction of sp³-hybridized carbons (Fsp3) is 0.381. The molecule has 3 heterocycles. The summed E-state index contributed by atoms with van der Waals surface area (Å²) in [6.45, 7) is 3.70. The summed E-state index contributed by atoms with van der Waals surface area (Å²) in [5, 5.41) is 8.71. The number of aromatic amines is 1. The summed E-state index contributed by atoms with van der Waals surface area (Å²) < 4.78 is 0. The number of amides is 1. The number of para-hydroxylation sites is 1. The van der Waals surface area contributed by atoms with Crippen LogP contribution in [-0.4, -0.2) is 34.9 Å². The molecule has 0 spiro atoms. The number of nitrogens with one attached hydrogen (secondary N) is 2. The van der Waals surface area contributed by atoms with Crippen molar-refractivity contribution >= 4 is 28.1 Å². The van der Waals surface area contributed by atoms with Crippen LogP contribution in [0.25, 0.3) is 10.9 Å². The minimum Gasteiger partial charge on any atom is -0.361 e. The highest BCUT2D eigenvalue weighted by molar-refractivity contribution is 7.07. The molecule has 0 unspecified atom stereocenters. The molecule has 1 fully saturated rings. The maximum atomic E-state index is 12.7. The number of fused-ring (bicyclic) bond motifs is 1. The number of carbonyl (C=O) groups excluding carboxylic acids is 1. The Hall–Kier alpha value is -2.11. The topological polar surface area (TPSA) is 48.1 Å². The van der Waals surface area contributed by atoms with E-state index in [0.717, 1.165) is 31.3 Å². The fourth-order valence-electron chi connectivity index (χ4n) is 4.03. The Balaban J connectivity index is 1.34. The van der Waals surface area contributed by atoms with Crippen molar-refractivity contribution in [1.82, 2.24) is 15.2 Å². The van der Waals surface area contributed by atoms with Crippen LogP contribution in [0.2, 0.25) is 0 Å². The Morgan fingerprint density at radius 1 is 1.38 bits per heavy atom. The van der Waals surface area contributed by atoms with Crippen LogP contribution in [0.1, 0.15) is 36.9 Å². The SMILES string of the molecule is C[C@H](C(=O)NCCc1c[nH]c2ccccc12)N1CCC[C@H]1c1ccsc1. The Kier molecular flexibility index (Phi) is 5.09. The van der Waals surface area contributed by atoms with Crippen molar-refractivity contribution in [3.8, 4) is 0 Å². The molecular weight excluding hydrogens is 342 g/mol. The second kappa shape index (κ2) is 7.64. The lowest BCUT2D eigenvalue weighted by atomic mass is 10.1. The molecular formula is C21H25N3OS. The molecule has 136 valence electrons. The van der Waals surface area contributed by atoms with Gasteiger partial charge in [-0.2, -0.15) is 11.3 Å². The summed E-state index contributed by atoms with van der Waals surface area (Å²) in [5.74, 6) is 0.131. The molecule has 2 atom stereocenters. The van der Waals surface area contributed by atoms with Crippen LogP contribution < -0.4 is 5.32 Å². The van der Waals surface area contributed by atoms with Gasteiger partial charge >= 0.3 is 0 Å². The van der Waals surface area contributed by atoms with Gasteiger partial charge in [-0.15, -0.1) is 0 Å². The van der Waals surface area contributed by atoms with E-state index in [0.29, 0.717) is 12.6 Å². The van der Waals surface area contributed by atoms with Crippen molar-refractivity contribution in [2.45, 2.75) is 38.3 Å². The zero-order valence-corrected chi connectivity index (χ0v) is 15.9. The molecule has 0 bridgehead atoms. The van der Waals surface area contributed by atoms with Gasteiger partial charge in [-0.05, 0) is 66.8 Å². The Bertz CT molecular complexity index is 870. The third-order valence-corrected chi connectivity index (χ3v) is 6.17. The van der Waals surface area contributed by atoms with Gasteiger partial charge in [-0.3, -0.25) is 9.69 Å². The van der Waals surface area contributed by atoms with E-state index < -0.39 is 0 Å². The van der Waals surface area contributed by atoms with E-state index in [9.17, 15) is 4.79 Å². The first kappa shape index (κ1) is 17.3. The van der Waals surface area contributed by atoms with Crippen LogP contribution in [0.4, 0.5) is 0 Å². The van der Waals surface area contributed by atoms with E-state index in [4.69, 9.17) is 0 Å². The van der Waals surface area contributed by atoms with Gasteiger partial charge in [0.25, 0.3) is 0 Å². The number of aromatic nitrogens is 1. The number of hydrogen-bond donors (Lipinski definition) is 2. The van der Waals surface area contributed by atoms with Crippen LogP contribution in [0.5, 0.6) is 0 Å². The lowest BCUT2D eigenvalue weighted by Gasteiger charge is -2.29. The smallest absolute Gasteiger partial charge is 0.237 e. The number of likely N-dealkylation sites (tertiary alicyclic amines) is 1. The van der Waals surface area contributed by atoms with E-state index in [1.165, 1.54) is 16.5 Å². The molecule has 4 nitrogen and oxygen atoms in total. The second-order valence-corrected chi connectivity index (χ2v) is 7.81. The molecule has 2 N–H and O–H groups in total. The van der Waals surface area contributed by atoms with Crippen LogP contribution >= 0.6 is 11.3 Å². The quantitative estimate of drug-likeness (QED) is 0.689. The first-order valence-corrected chi connectivity index (χ1v) is 10.3. The molecule has 1 aromatic carbocycles. The maximum Gasteiger partial charge on any atom is 0.237 e. The number of hydrogen-bond acceptors (Lipinski definition) is 3. The minimum atomic E-state index is -0.0923. The first-order chi connectivity index (χ1) is 12.7. The van der Waals surface area contributed by atoms with Crippen LogP contribution in [0, 0.1) is 0 Å². The molecule has 0 radical (unpaired) electrons. The Labute approximate surface area is 158 Å². The van der Waals surface area contributed by atoms with Crippen molar-refractivity contribution in [2.24, 2.45) is 0 Å². The van der Waals surface area contributed by atoms with Gasteiger partial charge in [-0.1, -0.05) is 18.2 Å². The van der Waals surface area contributed by atoms with Gasteiger partial charge in [0, 0.05) is 29.7 Å². The van der Waals surface area contributed by atoms with Gasteiger partial charge in [0.2, 0.25) is 5.91 Å². The largest absolute Gasteiger partial charge is 0.361 e. The van der Waals surface area contributed by atoms with Crippen LogP contribution in [-0.2, 0) is 11.2 Å². The average molecular weight is 368 g/mol. The standard InChI is InChI=1S/C21H25N3OS/c1-15(24-11-4-7-20(24)17-9-12-26-14-17)21(25)22-10-8-16-13-23-19-6-3-2-5-18(16)19/h2-3,5-6,9,12-15,20,23H,4,7-8,10-11H2,1H3,(H,22,25)/t15-,20+/m1/s1. The van der Waals surface area contributed by atoms with Crippen LogP contribution in [0.3, 0.4) is 0 Å². The molecule has 5 heteroatoms. The first-order valence-electron chi connectivity index (χ1n) is 9.34. The predicted octanol–water partition coefficient (Wildman–Crippen LogP) is 4.11. The number of H-pyrrole nitrogens is 1. The zero-order valence-electron chi connectivity index (χ0n) is 15.1. The monoisotopic (exact) mass is 367 g/mol. The van der Waals surface area contributed by atoms with Gasteiger partial charge in [0.1, 0.15) is 0 Å². The van der Waals surface area contributed by atoms with E-state index in [-0.39, 0.29) is 11.9 Å². The highest BCUT2D eigenvalue weighted by Gasteiger charge is 2.32. The lowest BCUT2D eigenvalue weighted by Crippen LogP contribution is -2.45. The molecule has 2 aromatic heterocycles. The maximum absolute atomic E-state index is 12.7. The number of carbonyl (C=O) groups is 1. The molecule has 0 aliphatic carbocycles. The minimum absolute atomic E-state index is 0.0923. The normalized spacial score (nSPS) is 19.0. The van der Waals surface area contributed by atoms with Crippen molar-refractivity contribution in [2.75, 3.05) is 13.1 Å².